The second kappa shape index (κ2) is 6.92. The van der Waals surface area contributed by atoms with Crippen LogP contribution in [0, 0.1) is 11.8 Å². The standard InChI is InChI=1S/C22H21N3O4/c1-12-17-7-6-14-10-24-11-25-19(14)22(17,9-16(18(12)26)20(23)27)15-5-3-4-13(8-15)21(28)29-2/h3-5,8-12,17H,6-7H2,1-2H3,(H2,23,27)/t12-,17-,22+/m0/s1. The van der Waals surface area contributed by atoms with Gasteiger partial charge in [0.15, 0.2) is 5.78 Å². The van der Waals surface area contributed by atoms with Crippen molar-refractivity contribution in [3.63, 3.8) is 0 Å². The number of aromatic nitrogens is 2. The van der Waals surface area contributed by atoms with Gasteiger partial charge in [-0.25, -0.2) is 14.8 Å². The van der Waals surface area contributed by atoms with E-state index < -0.39 is 23.2 Å². The second-order valence-corrected chi connectivity index (χ2v) is 7.56. The van der Waals surface area contributed by atoms with Crippen LogP contribution in [0.5, 0.6) is 0 Å². The molecule has 0 spiro atoms. The van der Waals surface area contributed by atoms with Crippen LogP contribution < -0.4 is 5.73 Å². The number of fused-ring (bicyclic) bond motifs is 3. The first-order valence-corrected chi connectivity index (χ1v) is 9.45. The van der Waals surface area contributed by atoms with E-state index in [1.54, 1.807) is 30.5 Å². The Bertz CT molecular complexity index is 1060. The van der Waals surface area contributed by atoms with Crippen LogP contribution in [-0.2, 0) is 26.2 Å². The molecule has 2 aliphatic rings. The molecule has 0 saturated heterocycles. The van der Waals surface area contributed by atoms with E-state index in [0.717, 1.165) is 29.7 Å². The topological polar surface area (TPSA) is 112 Å². The first-order valence-electron chi connectivity index (χ1n) is 9.45. The van der Waals surface area contributed by atoms with Crippen LogP contribution in [0.4, 0.5) is 0 Å². The zero-order valence-corrected chi connectivity index (χ0v) is 16.2. The Hall–Kier alpha value is -3.35. The molecule has 0 bridgehead atoms. The number of methoxy groups -OCH3 is 1. The van der Waals surface area contributed by atoms with E-state index in [0.29, 0.717) is 5.56 Å². The third kappa shape index (κ3) is 2.76. The molecule has 7 nitrogen and oxygen atoms in total. The van der Waals surface area contributed by atoms with Crippen LogP contribution in [0.25, 0.3) is 0 Å². The van der Waals surface area contributed by atoms with Gasteiger partial charge in [0.2, 0.25) is 0 Å². The van der Waals surface area contributed by atoms with Crippen molar-refractivity contribution >= 4 is 17.7 Å². The zero-order chi connectivity index (χ0) is 20.8. The molecule has 2 N–H and O–H groups in total. The molecular formula is C22H21N3O4. The number of aryl methyl sites for hydroxylation is 1. The molecule has 29 heavy (non-hydrogen) atoms. The Kier molecular flexibility index (Phi) is 4.53. The summed E-state index contributed by atoms with van der Waals surface area (Å²) in [4.78, 5) is 45.8. The second-order valence-electron chi connectivity index (χ2n) is 7.56. The minimum absolute atomic E-state index is 0.0244. The van der Waals surface area contributed by atoms with E-state index in [1.165, 1.54) is 13.4 Å². The molecule has 0 unspecified atom stereocenters. The van der Waals surface area contributed by atoms with E-state index in [9.17, 15) is 14.4 Å². The van der Waals surface area contributed by atoms with Gasteiger partial charge in [-0.1, -0.05) is 25.1 Å². The molecule has 2 aromatic rings. The highest BCUT2D eigenvalue weighted by molar-refractivity contribution is 6.20. The summed E-state index contributed by atoms with van der Waals surface area (Å²) in [7, 11) is 1.33. The van der Waals surface area contributed by atoms with Crippen molar-refractivity contribution in [3.05, 3.63) is 70.8 Å². The summed E-state index contributed by atoms with van der Waals surface area (Å²) in [6.07, 6.45) is 6.34. The number of ketones is 1. The number of rotatable bonds is 3. The Labute approximate surface area is 168 Å². The molecule has 1 aromatic carbocycles. The van der Waals surface area contributed by atoms with Gasteiger partial charge in [-0.3, -0.25) is 9.59 Å². The molecule has 0 saturated carbocycles. The van der Waals surface area contributed by atoms with Crippen LogP contribution in [0.3, 0.4) is 0 Å². The monoisotopic (exact) mass is 391 g/mol. The summed E-state index contributed by atoms with van der Waals surface area (Å²) >= 11 is 0. The number of ether oxygens (including phenoxy) is 1. The van der Waals surface area contributed by atoms with Crippen molar-refractivity contribution in [3.8, 4) is 0 Å². The molecule has 0 aliphatic heterocycles. The van der Waals surface area contributed by atoms with Crippen LogP contribution in [0.15, 0.2) is 48.4 Å². The lowest BCUT2D eigenvalue weighted by molar-refractivity contribution is -0.125. The van der Waals surface area contributed by atoms with Gasteiger partial charge in [0.1, 0.15) is 6.33 Å². The number of primary amides is 1. The van der Waals surface area contributed by atoms with Crippen LogP contribution in [-0.4, -0.2) is 34.7 Å². The Morgan fingerprint density at radius 3 is 2.83 bits per heavy atom. The van der Waals surface area contributed by atoms with Crippen LogP contribution in [0.2, 0.25) is 0 Å². The van der Waals surface area contributed by atoms with Crippen molar-refractivity contribution in [2.75, 3.05) is 7.11 Å². The average molecular weight is 391 g/mol. The fourth-order valence-corrected chi connectivity index (χ4v) is 4.82. The molecule has 2 aliphatic carbocycles. The maximum absolute atomic E-state index is 12.9. The fourth-order valence-electron chi connectivity index (χ4n) is 4.82. The molecule has 1 heterocycles. The van der Waals surface area contributed by atoms with E-state index in [1.807, 2.05) is 13.0 Å². The molecule has 7 heteroatoms. The predicted octanol–water partition coefficient (Wildman–Crippen LogP) is 1.74. The van der Waals surface area contributed by atoms with E-state index in [-0.39, 0.29) is 17.3 Å². The lowest BCUT2D eigenvalue weighted by Gasteiger charge is -2.48. The molecule has 1 aromatic heterocycles. The van der Waals surface area contributed by atoms with Crippen molar-refractivity contribution in [2.45, 2.75) is 25.2 Å². The summed E-state index contributed by atoms with van der Waals surface area (Å²) in [6.45, 7) is 1.83. The highest BCUT2D eigenvalue weighted by Crippen LogP contribution is 2.53. The van der Waals surface area contributed by atoms with Crippen LogP contribution >= 0.6 is 0 Å². The number of nitrogens with zero attached hydrogens (tertiary/aromatic N) is 2. The number of carbonyl (C=O) groups excluding carboxylic acids is 3. The average Bonchev–Trinajstić information content (AvgIpc) is 2.75. The van der Waals surface area contributed by atoms with Gasteiger partial charge in [0.25, 0.3) is 5.91 Å². The minimum atomic E-state index is -0.863. The maximum atomic E-state index is 12.9. The van der Waals surface area contributed by atoms with Crippen molar-refractivity contribution < 1.29 is 19.1 Å². The lowest BCUT2D eigenvalue weighted by atomic mass is 9.54. The SMILES string of the molecule is COC(=O)c1cccc([C@]23C=C(C(N)=O)C(=O)[C@@H](C)[C@@H]2CCc2cncnc23)c1. The molecule has 1 amide bonds. The van der Waals surface area contributed by atoms with Gasteiger partial charge in [-0.05, 0) is 42.0 Å². The molecule has 0 fully saturated rings. The van der Waals surface area contributed by atoms with E-state index in [4.69, 9.17) is 10.5 Å². The predicted molar refractivity (Wildman–Crippen MR) is 104 cm³/mol. The number of carbonyl (C=O) groups is 3. The highest BCUT2D eigenvalue weighted by atomic mass is 16.5. The molecule has 148 valence electrons. The Morgan fingerprint density at radius 1 is 1.31 bits per heavy atom. The number of nitrogens with two attached hydrogens (primary N) is 1. The van der Waals surface area contributed by atoms with Crippen molar-refractivity contribution in [1.29, 1.82) is 0 Å². The van der Waals surface area contributed by atoms with Gasteiger partial charge in [0, 0.05) is 12.1 Å². The van der Waals surface area contributed by atoms with Gasteiger partial charge in [-0.2, -0.15) is 0 Å². The number of hydrogen-bond acceptors (Lipinski definition) is 6. The van der Waals surface area contributed by atoms with Crippen molar-refractivity contribution in [2.24, 2.45) is 17.6 Å². The van der Waals surface area contributed by atoms with E-state index >= 15 is 0 Å². The molecule has 3 atom stereocenters. The summed E-state index contributed by atoms with van der Waals surface area (Å²) in [5.74, 6) is -2.02. The smallest absolute Gasteiger partial charge is 0.337 e. The van der Waals surface area contributed by atoms with Crippen molar-refractivity contribution in [1.82, 2.24) is 9.97 Å². The van der Waals surface area contributed by atoms with Crippen LogP contribution in [0.1, 0.15) is 40.5 Å². The van der Waals surface area contributed by atoms with E-state index in [2.05, 4.69) is 9.97 Å². The molecule has 4 rings (SSSR count). The minimum Gasteiger partial charge on any atom is -0.465 e. The number of benzene rings is 1. The number of allylic oxidation sites excluding steroid dienone is 1. The van der Waals surface area contributed by atoms with Gasteiger partial charge in [-0.15, -0.1) is 0 Å². The van der Waals surface area contributed by atoms with Gasteiger partial charge < -0.3 is 10.5 Å². The number of hydrogen-bond donors (Lipinski definition) is 1. The summed E-state index contributed by atoms with van der Waals surface area (Å²) in [5.41, 5.74) is 7.52. The third-order valence-corrected chi connectivity index (χ3v) is 6.17. The maximum Gasteiger partial charge on any atom is 0.337 e. The summed E-state index contributed by atoms with van der Waals surface area (Å²) in [5, 5.41) is 0. The quantitative estimate of drug-likeness (QED) is 0.630. The summed E-state index contributed by atoms with van der Waals surface area (Å²) in [6, 6.07) is 7.06. The van der Waals surface area contributed by atoms with Gasteiger partial charge >= 0.3 is 5.97 Å². The summed E-state index contributed by atoms with van der Waals surface area (Å²) < 4.78 is 4.87. The Balaban J connectivity index is 2.07. The lowest BCUT2D eigenvalue weighted by Crippen LogP contribution is -2.50. The number of amides is 1. The normalized spacial score (nSPS) is 25.4. The third-order valence-electron chi connectivity index (χ3n) is 6.17. The largest absolute Gasteiger partial charge is 0.465 e. The number of esters is 1. The fraction of sp³-hybridized carbons (Fsp3) is 0.318. The zero-order valence-electron chi connectivity index (χ0n) is 16.2. The van der Waals surface area contributed by atoms with Gasteiger partial charge in [0.05, 0.1) is 29.4 Å². The first kappa shape index (κ1) is 19.0. The Morgan fingerprint density at radius 2 is 2.10 bits per heavy atom. The number of Topliss-reactive ketones (excluding diaryl/α,β-unsaturated/α-hetero) is 1. The molecular weight excluding hydrogens is 370 g/mol. The first-order chi connectivity index (χ1) is 13.9. The molecule has 0 radical (unpaired) electrons. The highest BCUT2D eigenvalue weighted by Gasteiger charge is 2.53.